The maximum Gasteiger partial charge on any atom is 0.272 e. The van der Waals surface area contributed by atoms with Gasteiger partial charge in [0.05, 0.1) is 19.7 Å². The molecule has 2 aromatic heterocycles. The van der Waals surface area contributed by atoms with E-state index in [4.69, 9.17) is 4.74 Å². The molecule has 28 heavy (non-hydrogen) atoms. The Bertz CT molecular complexity index is 926. The maximum absolute atomic E-state index is 12.4. The van der Waals surface area contributed by atoms with Gasteiger partial charge in [0.15, 0.2) is 0 Å². The van der Waals surface area contributed by atoms with Crippen molar-refractivity contribution in [2.75, 3.05) is 20.2 Å². The zero-order valence-electron chi connectivity index (χ0n) is 15.9. The standard InChI is InChI=1S/C21H24N4O2S/c1-27-18-6-4-15(5-7-18)16-11-19(28-14-16)13-23-21(26)20-8-10-25(24-20)17-3-2-9-22-12-17/h4-8,10-11,14,17,22H,2-3,9,12-13H2,1H3,(H,23,26). The lowest BCUT2D eigenvalue weighted by molar-refractivity contribution is 0.0945. The summed E-state index contributed by atoms with van der Waals surface area (Å²) < 4.78 is 7.11. The van der Waals surface area contributed by atoms with Crippen LogP contribution in [0.15, 0.2) is 48.0 Å². The molecule has 0 aliphatic carbocycles. The Hall–Kier alpha value is -2.64. The van der Waals surface area contributed by atoms with Crippen molar-refractivity contribution in [1.82, 2.24) is 20.4 Å². The molecule has 0 spiro atoms. The fourth-order valence-corrected chi connectivity index (χ4v) is 4.22. The average Bonchev–Trinajstić information content (AvgIpc) is 3.43. The highest BCUT2D eigenvalue weighted by Crippen LogP contribution is 2.27. The Morgan fingerprint density at radius 2 is 2.18 bits per heavy atom. The lowest BCUT2D eigenvalue weighted by Crippen LogP contribution is -2.32. The summed E-state index contributed by atoms with van der Waals surface area (Å²) in [5, 5.41) is 12.9. The van der Waals surface area contributed by atoms with Crippen LogP contribution < -0.4 is 15.4 Å². The summed E-state index contributed by atoms with van der Waals surface area (Å²) in [5.74, 6) is 0.705. The van der Waals surface area contributed by atoms with E-state index in [-0.39, 0.29) is 5.91 Å². The minimum Gasteiger partial charge on any atom is -0.497 e. The van der Waals surface area contributed by atoms with E-state index in [0.29, 0.717) is 18.3 Å². The fraction of sp³-hybridized carbons (Fsp3) is 0.333. The normalized spacial score (nSPS) is 16.7. The van der Waals surface area contributed by atoms with Gasteiger partial charge in [-0.15, -0.1) is 11.3 Å². The molecule has 2 N–H and O–H groups in total. The van der Waals surface area contributed by atoms with Crippen molar-refractivity contribution in [3.05, 3.63) is 58.5 Å². The molecule has 6 nitrogen and oxygen atoms in total. The molecule has 1 aromatic carbocycles. The smallest absolute Gasteiger partial charge is 0.272 e. The van der Waals surface area contributed by atoms with E-state index >= 15 is 0 Å². The van der Waals surface area contributed by atoms with Crippen LogP contribution in [-0.2, 0) is 6.54 Å². The molecule has 3 heterocycles. The zero-order chi connectivity index (χ0) is 19.3. The van der Waals surface area contributed by atoms with Crippen LogP contribution in [0, 0.1) is 0 Å². The van der Waals surface area contributed by atoms with Crippen LogP contribution in [0.1, 0.15) is 34.2 Å². The third kappa shape index (κ3) is 4.26. The third-order valence-corrected chi connectivity index (χ3v) is 5.92. The number of methoxy groups -OCH3 is 1. The first-order valence-corrected chi connectivity index (χ1v) is 10.4. The number of hydrogen-bond acceptors (Lipinski definition) is 5. The van der Waals surface area contributed by atoms with E-state index in [0.717, 1.165) is 47.7 Å². The molecular weight excluding hydrogens is 372 g/mol. The molecule has 1 saturated heterocycles. The van der Waals surface area contributed by atoms with Gasteiger partial charge in [-0.2, -0.15) is 5.10 Å². The van der Waals surface area contributed by atoms with Gasteiger partial charge >= 0.3 is 0 Å². The number of benzene rings is 1. The van der Waals surface area contributed by atoms with E-state index in [1.165, 1.54) is 0 Å². The minimum absolute atomic E-state index is 0.137. The summed E-state index contributed by atoms with van der Waals surface area (Å²) in [6, 6.07) is 12.2. The molecule has 3 aromatic rings. The van der Waals surface area contributed by atoms with Crippen LogP contribution in [0.2, 0.25) is 0 Å². The summed E-state index contributed by atoms with van der Waals surface area (Å²) in [6.07, 6.45) is 4.14. The Balaban J connectivity index is 1.35. The maximum atomic E-state index is 12.4. The van der Waals surface area contributed by atoms with E-state index in [2.05, 4.69) is 27.2 Å². The van der Waals surface area contributed by atoms with Gasteiger partial charge in [-0.3, -0.25) is 9.48 Å². The number of thiophene rings is 1. The molecule has 0 bridgehead atoms. The largest absolute Gasteiger partial charge is 0.497 e. The third-order valence-electron chi connectivity index (χ3n) is 4.99. The highest BCUT2D eigenvalue weighted by molar-refractivity contribution is 7.10. The van der Waals surface area contributed by atoms with Gasteiger partial charge in [0, 0.05) is 17.6 Å². The number of ether oxygens (including phenoxy) is 1. The van der Waals surface area contributed by atoms with Gasteiger partial charge in [0.1, 0.15) is 11.4 Å². The molecule has 0 saturated carbocycles. The average molecular weight is 397 g/mol. The minimum atomic E-state index is -0.137. The first kappa shape index (κ1) is 18.7. The number of rotatable bonds is 6. The zero-order valence-corrected chi connectivity index (χ0v) is 16.7. The van der Waals surface area contributed by atoms with Crippen molar-refractivity contribution in [3.8, 4) is 16.9 Å². The Morgan fingerprint density at radius 1 is 1.32 bits per heavy atom. The Morgan fingerprint density at radius 3 is 2.93 bits per heavy atom. The molecule has 1 fully saturated rings. The van der Waals surface area contributed by atoms with Crippen molar-refractivity contribution in [1.29, 1.82) is 0 Å². The molecule has 4 rings (SSSR count). The van der Waals surface area contributed by atoms with Crippen LogP contribution in [0.4, 0.5) is 0 Å². The van der Waals surface area contributed by atoms with E-state index in [1.807, 2.05) is 35.1 Å². The first-order chi connectivity index (χ1) is 13.7. The number of carbonyl (C=O) groups is 1. The van der Waals surface area contributed by atoms with Crippen LogP contribution in [0.25, 0.3) is 11.1 Å². The van der Waals surface area contributed by atoms with Crippen molar-refractivity contribution in [3.63, 3.8) is 0 Å². The molecular formula is C21H24N4O2S. The summed E-state index contributed by atoms with van der Waals surface area (Å²) in [7, 11) is 1.66. The predicted octanol–water partition coefficient (Wildman–Crippen LogP) is 3.47. The van der Waals surface area contributed by atoms with E-state index in [1.54, 1.807) is 24.5 Å². The first-order valence-electron chi connectivity index (χ1n) is 9.49. The molecule has 1 aliphatic heterocycles. The molecule has 0 radical (unpaired) electrons. The highest BCUT2D eigenvalue weighted by atomic mass is 32.1. The second kappa shape index (κ2) is 8.58. The van der Waals surface area contributed by atoms with Gasteiger partial charge in [-0.1, -0.05) is 12.1 Å². The van der Waals surface area contributed by atoms with Gasteiger partial charge in [0.2, 0.25) is 0 Å². The molecule has 1 atom stereocenters. The van der Waals surface area contributed by atoms with Gasteiger partial charge in [0.25, 0.3) is 5.91 Å². The fourth-order valence-electron chi connectivity index (χ4n) is 3.39. The summed E-state index contributed by atoms with van der Waals surface area (Å²) in [5.41, 5.74) is 2.75. The van der Waals surface area contributed by atoms with Crippen molar-refractivity contribution >= 4 is 17.2 Å². The lowest BCUT2D eigenvalue weighted by atomic mass is 10.1. The van der Waals surface area contributed by atoms with Crippen molar-refractivity contribution < 1.29 is 9.53 Å². The quantitative estimate of drug-likeness (QED) is 0.669. The Labute approximate surface area is 168 Å². The van der Waals surface area contributed by atoms with Gasteiger partial charge in [-0.25, -0.2) is 0 Å². The molecule has 146 valence electrons. The number of amides is 1. The second-order valence-corrected chi connectivity index (χ2v) is 7.89. The van der Waals surface area contributed by atoms with Crippen LogP contribution in [0.3, 0.4) is 0 Å². The topological polar surface area (TPSA) is 68.2 Å². The molecule has 1 amide bonds. The lowest BCUT2D eigenvalue weighted by Gasteiger charge is -2.22. The van der Waals surface area contributed by atoms with E-state index < -0.39 is 0 Å². The van der Waals surface area contributed by atoms with Crippen LogP contribution in [-0.4, -0.2) is 35.9 Å². The predicted molar refractivity (Wildman–Crippen MR) is 111 cm³/mol. The number of carbonyl (C=O) groups excluding carboxylic acids is 1. The van der Waals surface area contributed by atoms with Crippen molar-refractivity contribution in [2.45, 2.75) is 25.4 Å². The summed E-state index contributed by atoms with van der Waals surface area (Å²) >= 11 is 1.64. The van der Waals surface area contributed by atoms with Gasteiger partial charge in [-0.05, 0) is 60.2 Å². The molecule has 7 heteroatoms. The summed E-state index contributed by atoms with van der Waals surface area (Å²) in [4.78, 5) is 13.6. The Kier molecular flexibility index (Phi) is 5.73. The SMILES string of the molecule is COc1ccc(-c2csc(CNC(=O)c3ccn(C4CCCNC4)n3)c2)cc1. The number of piperidine rings is 1. The molecule has 1 aliphatic rings. The molecule has 1 unspecified atom stereocenters. The monoisotopic (exact) mass is 396 g/mol. The van der Waals surface area contributed by atoms with E-state index in [9.17, 15) is 4.79 Å². The number of hydrogen-bond donors (Lipinski definition) is 2. The van der Waals surface area contributed by atoms with Gasteiger partial charge < -0.3 is 15.4 Å². The number of aromatic nitrogens is 2. The van der Waals surface area contributed by atoms with Crippen LogP contribution in [0.5, 0.6) is 5.75 Å². The second-order valence-electron chi connectivity index (χ2n) is 6.89. The number of nitrogens with one attached hydrogen (secondary N) is 2. The van der Waals surface area contributed by atoms with Crippen LogP contribution >= 0.6 is 11.3 Å². The summed E-state index contributed by atoms with van der Waals surface area (Å²) in [6.45, 7) is 2.47. The highest BCUT2D eigenvalue weighted by Gasteiger charge is 2.17. The van der Waals surface area contributed by atoms with Crippen molar-refractivity contribution in [2.24, 2.45) is 0 Å². The number of nitrogens with zero attached hydrogens (tertiary/aromatic N) is 2.